The fraction of sp³-hybridized carbons (Fsp3) is 0.667. The maximum absolute atomic E-state index is 14.1. The molecule has 0 radical (unpaired) electrons. The zero-order valence-corrected chi connectivity index (χ0v) is 22.7. The molecule has 0 aliphatic rings. The molecule has 0 aliphatic carbocycles. The minimum atomic E-state index is -0.838. The van der Waals surface area contributed by atoms with Gasteiger partial charge in [-0.2, -0.15) is 0 Å². The van der Waals surface area contributed by atoms with E-state index in [2.05, 4.69) is 10.6 Å². The van der Waals surface area contributed by atoms with Crippen LogP contribution >= 0.6 is 0 Å². The van der Waals surface area contributed by atoms with Gasteiger partial charge in [-0.3, -0.25) is 9.59 Å². The summed E-state index contributed by atoms with van der Waals surface area (Å²) in [6.07, 6.45) is 0.674. The monoisotopic (exact) mass is 475 g/mol. The molecule has 0 heterocycles. The van der Waals surface area contributed by atoms with Crippen LogP contribution in [0.15, 0.2) is 30.3 Å². The molecule has 192 valence electrons. The molecule has 0 saturated carbocycles. The van der Waals surface area contributed by atoms with E-state index in [0.717, 1.165) is 5.56 Å². The molecule has 1 rings (SSSR count). The van der Waals surface area contributed by atoms with Gasteiger partial charge in [0.25, 0.3) is 0 Å². The normalized spacial score (nSPS) is 15.5. The molecular formula is C27H45N3O4. The zero-order valence-electron chi connectivity index (χ0n) is 22.7. The molecule has 7 nitrogen and oxygen atoms in total. The molecule has 1 aromatic rings. The van der Waals surface area contributed by atoms with Crippen LogP contribution in [0.4, 0.5) is 4.79 Å². The van der Waals surface area contributed by atoms with E-state index >= 15 is 0 Å². The number of nitrogens with zero attached hydrogens (tertiary/aromatic N) is 1. The summed E-state index contributed by atoms with van der Waals surface area (Å²) < 4.78 is 5.44. The summed E-state index contributed by atoms with van der Waals surface area (Å²) in [6.45, 7) is 18.9. The molecule has 0 bridgehead atoms. The Balaban J connectivity index is 3.52. The van der Waals surface area contributed by atoms with Gasteiger partial charge in [0.2, 0.25) is 11.8 Å². The summed E-state index contributed by atoms with van der Waals surface area (Å²) in [7, 11) is 0. The van der Waals surface area contributed by atoms with Gasteiger partial charge in [-0.05, 0) is 66.4 Å². The fourth-order valence-electron chi connectivity index (χ4n) is 3.59. The van der Waals surface area contributed by atoms with Crippen LogP contribution in [0.2, 0.25) is 0 Å². The highest BCUT2D eigenvalue weighted by Gasteiger charge is 2.40. The number of rotatable bonds is 9. The molecule has 3 amide bonds. The molecule has 1 aromatic carbocycles. The van der Waals surface area contributed by atoms with Gasteiger partial charge in [0, 0.05) is 11.6 Å². The van der Waals surface area contributed by atoms with Gasteiger partial charge in [-0.25, -0.2) is 4.79 Å². The van der Waals surface area contributed by atoms with Crippen LogP contribution in [0.3, 0.4) is 0 Å². The Hall–Kier alpha value is -2.57. The first-order valence-electron chi connectivity index (χ1n) is 12.3. The number of hydrogen-bond acceptors (Lipinski definition) is 4. The SMILES string of the molecule is CCC(C)C(NC(=O)OC(C)(C)C)C(=O)N(C(C)CC)C(C(=O)NC(C)(C)C)c1ccccc1. The summed E-state index contributed by atoms with van der Waals surface area (Å²) in [6, 6.07) is 7.40. The number of alkyl carbamates (subject to hydrolysis) is 1. The Morgan fingerprint density at radius 3 is 1.94 bits per heavy atom. The zero-order chi connectivity index (χ0) is 26.3. The van der Waals surface area contributed by atoms with Crippen molar-refractivity contribution in [3.63, 3.8) is 0 Å². The maximum atomic E-state index is 14.1. The van der Waals surface area contributed by atoms with E-state index in [9.17, 15) is 14.4 Å². The van der Waals surface area contributed by atoms with Crippen molar-refractivity contribution >= 4 is 17.9 Å². The molecule has 0 aliphatic heterocycles. The number of carbonyl (C=O) groups excluding carboxylic acids is 3. The average molecular weight is 476 g/mol. The number of benzene rings is 1. The topological polar surface area (TPSA) is 87.7 Å². The highest BCUT2D eigenvalue weighted by molar-refractivity contribution is 5.92. The molecular weight excluding hydrogens is 430 g/mol. The molecule has 0 saturated heterocycles. The number of amides is 3. The van der Waals surface area contributed by atoms with Crippen LogP contribution < -0.4 is 10.6 Å². The Morgan fingerprint density at radius 2 is 1.50 bits per heavy atom. The van der Waals surface area contributed by atoms with Crippen LogP contribution in [0.1, 0.15) is 93.7 Å². The van der Waals surface area contributed by atoms with Gasteiger partial charge < -0.3 is 20.3 Å². The lowest BCUT2D eigenvalue weighted by molar-refractivity contribution is -0.146. The van der Waals surface area contributed by atoms with Gasteiger partial charge in [-0.1, -0.05) is 57.5 Å². The van der Waals surface area contributed by atoms with Gasteiger partial charge >= 0.3 is 6.09 Å². The Bertz CT molecular complexity index is 811. The van der Waals surface area contributed by atoms with E-state index in [1.807, 2.05) is 78.8 Å². The van der Waals surface area contributed by atoms with Gasteiger partial charge in [-0.15, -0.1) is 0 Å². The van der Waals surface area contributed by atoms with E-state index in [0.29, 0.717) is 12.8 Å². The minimum absolute atomic E-state index is 0.159. The first-order chi connectivity index (χ1) is 15.6. The summed E-state index contributed by atoms with van der Waals surface area (Å²) >= 11 is 0. The standard InChI is InChI=1S/C27H45N3O4/c1-11-18(3)21(28-25(33)34-27(8,9)10)24(32)30(19(4)12-2)22(20-16-14-13-15-17-20)23(31)29-26(5,6)7/h13-19,21-22H,11-12H2,1-10H3,(H,28,33)(H,29,31). The predicted octanol–water partition coefficient (Wildman–Crippen LogP) is 5.21. The van der Waals surface area contributed by atoms with Crippen LogP contribution in [0, 0.1) is 5.92 Å². The lowest BCUT2D eigenvalue weighted by atomic mass is 9.94. The van der Waals surface area contributed by atoms with Gasteiger partial charge in [0.05, 0.1) is 0 Å². The first kappa shape index (κ1) is 29.5. The van der Waals surface area contributed by atoms with E-state index in [1.165, 1.54) is 0 Å². The third kappa shape index (κ3) is 8.99. The van der Waals surface area contributed by atoms with Crippen molar-refractivity contribution in [1.82, 2.24) is 15.5 Å². The van der Waals surface area contributed by atoms with Crippen LogP contribution in [0.25, 0.3) is 0 Å². The van der Waals surface area contributed by atoms with Crippen molar-refractivity contribution in [2.45, 2.75) is 111 Å². The number of ether oxygens (including phenoxy) is 1. The summed E-state index contributed by atoms with van der Waals surface area (Å²) in [5.41, 5.74) is -0.444. The quantitative estimate of drug-likeness (QED) is 0.513. The van der Waals surface area contributed by atoms with E-state index < -0.39 is 29.3 Å². The lowest BCUT2D eigenvalue weighted by Gasteiger charge is -2.40. The van der Waals surface area contributed by atoms with Crippen LogP contribution in [-0.2, 0) is 14.3 Å². The molecule has 7 heteroatoms. The van der Waals surface area contributed by atoms with Crippen LogP contribution in [0.5, 0.6) is 0 Å². The Morgan fingerprint density at radius 1 is 0.941 bits per heavy atom. The lowest BCUT2D eigenvalue weighted by Crippen LogP contribution is -2.58. The molecule has 34 heavy (non-hydrogen) atoms. The highest BCUT2D eigenvalue weighted by atomic mass is 16.6. The van der Waals surface area contributed by atoms with E-state index in [-0.39, 0.29) is 23.8 Å². The van der Waals surface area contributed by atoms with Crippen molar-refractivity contribution in [2.24, 2.45) is 5.92 Å². The molecule has 0 fully saturated rings. The predicted molar refractivity (Wildman–Crippen MR) is 136 cm³/mol. The van der Waals surface area contributed by atoms with Crippen molar-refractivity contribution in [1.29, 1.82) is 0 Å². The largest absolute Gasteiger partial charge is 0.444 e. The Kier molecular flexibility index (Phi) is 10.6. The van der Waals surface area contributed by atoms with Crippen molar-refractivity contribution in [3.8, 4) is 0 Å². The molecule has 4 atom stereocenters. The van der Waals surface area contributed by atoms with Crippen molar-refractivity contribution in [3.05, 3.63) is 35.9 Å². The third-order valence-corrected chi connectivity index (χ3v) is 5.61. The second kappa shape index (κ2) is 12.2. The van der Waals surface area contributed by atoms with Gasteiger partial charge in [0.1, 0.15) is 17.7 Å². The van der Waals surface area contributed by atoms with Crippen molar-refractivity contribution < 1.29 is 19.1 Å². The molecule has 0 aromatic heterocycles. The number of nitrogens with one attached hydrogen (secondary N) is 2. The number of carbonyl (C=O) groups is 3. The Labute approximate surface area is 206 Å². The molecule has 0 spiro atoms. The number of hydrogen-bond donors (Lipinski definition) is 2. The van der Waals surface area contributed by atoms with Crippen molar-refractivity contribution in [2.75, 3.05) is 0 Å². The van der Waals surface area contributed by atoms with Gasteiger partial charge in [0.15, 0.2) is 0 Å². The van der Waals surface area contributed by atoms with E-state index in [4.69, 9.17) is 4.74 Å². The van der Waals surface area contributed by atoms with Crippen LogP contribution in [-0.4, -0.2) is 46.0 Å². The first-order valence-corrected chi connectivity index (χ1v) is 12.3. The second-order valence-corrected chi connectivity index (χ2v) is 11.1. The molecule has 4 unspecified atom stereocenters. The minimum Gasteiger partial charge on any atom is -0.444 e. The summed E-state index contributed by atoms with van der Waals surface area (Å²) in [4.78, 5) is 41.9. The summed E-state index contributed by atoms with van der Waals surface area (Å²) in [5, 5.41) is 5.83. The maximum Gasteiger partial charge on any atom is 0.408 e. The molecule has 2 N–H and O–H groups in total. The average Bonchev–Trinajstić information content (AvgIpc) is 2.72. The third-order valence-electron chi connectivity index (χ3n) is 5.61. The fourth-order valence-corrected chi connectivity index (χ4v) is 3.59. The second-order valence-electron chi connectivity index (χ2n) is 11.1. The van der Waals surface area contributed by atoms with E-state index in [1.54, 1.807) is 25.7 Å². The summed E-state index contributed by atoms with van der Waals surface area (Å²) in [5.74, 6) is -0.714. The highest BCUT2D eigenvalue weighted by Crippen LogP contribution is 2.28. The smallest absolute Gasteiger partial charge is 0.408 e.